The van der Waals surface area contributed by atoms with Crippen molar-refractivity contribution in [1.82, 2.24) is 15.6 Å². The van der Waals surface area contributed by atoms with Crippen LogP contribution in [0.15, 0.2) is 28.6 Å². The van der Waals surface area contributed by atoms with Crippen molar-refractivity contribution < 1.29 is 9.47 Å². The van der Waals surface area contributed by atoms with Gasteiger partial charge in [-0.25, -0.2) is 9.98 Å². The summed E-state index contributed by atoms with van der Waals surface area (Å²) in [4.78, 5) is 9.16. The van der Waals surface area contributed by atoms with Crippen LogP contribution in [0.2, 0.25) is 0 Å². The third kappa shape index (κ3) is 5.36. The van der Waals surface area contributed by atoms with Gasteiger partial charge in [-0.1, -0.05) is 6.07 Å². The maximum Gasteiger partial charge on any atom is 0.191 e. The van der Waals surface area contributed by atoms with Gasteiger partial charge in [0.2, 0.25) is 0 Å². The fraction of sp³-hybridized carbons (Fsp3) is 0.474. The second-order valence-electron chi connectivity index (χ2n) is 6.06. The van der Waals surface area contributed by atoms with E-state index >= 15 is 0 Å². The lowest BCUT2D eigenvalue weighted by molar-refractivity contribution is 0.297. The number of thiazole rings is 1. The Morgan fingerprint density at radius 1 is 1.23 bits per heavy atom. The Kier molecular flexibility index (Phi) is 6.71. The van der Waals surface area contributed by atoms with Crippen molar-refractivity contribution in [3.8, 4) is 11.5 Å². The SMILES string of the molecule is CCNC(=NCc1ccc2c(c1)OCCCO2)NCCc1csc(C)n1. The second-order valence-corrected chi connectivity index (χ2v) is 7.12. The molecule has 0 fully saturated rings. The van der Waals surface area contributed by atoms with Crippen molar-refractivity contribution >= 4 is 17.3 Å². The molecule has 3 rings (SSSR count). The Hall–Kier alpha value is -2.28. The summed E-state index contributed by atoms with van der Waals surface area (Å²) in [6, 6.07) is 6.03. The molecule has 0 amide bonds. The molecule has 26 heavy (non-hydrogen) atoms. The first kappa shape index (κ1) is 18.5. The van der Waals surface area contributed by atoms with E-state index in [0.717, 1.165) is 59.7 Å². The average Bonchev–Trinajstić information content (AvgIpc) is 2.91. The molecule has 2 aromatic rings. The standard InChI is InChI=1S/C19H26N4O2S/c1-3-20-19(21-8-7-16-13-26-14(2)23-16)22-12-15-5-6-17-18(11-15)25-10-4-9-24-17/h5-6,11,13H,3-4,7-10,12H2,1-2H3,(H2,20,21,22). The van der Waals surface area contributed by atoms with Crippen LogP contribution in [0.4, 0.5) is 0 Å². The number of rotatable bonds is 6. The summed E-state index contributed by atoms with van der Waals surface area (Å²) in [5.74, 6) is 2.44. The number of hydrogen-bond donors (Lipinski definition) is 2. The van der Waals surface area contributed by atoms with E-state index in [1.807, 2.05) is 25.1 Å². The minimum atomic E-state index is 0.585. The molecule has 1 aromatic carbocycles. The molecule has 0 aliphatic carbocycles. The molecule has 0 unspecified atom stereocenters. The van der Waals surface area contributed by atoms with E-state index in [2.05, 4.69) is 32.9 Å². The maximum atomic E-state index is 5.75. The van der Waals surface area contributed by atoms with Crippen molar-refractivity contribution in [3.63, 3.8) is 0 Å². The fourth-order valence-electron chi connectivity index (χ4n) is 2.65. The van der Waals surface area contributed by atoms with E-state index in [9.17, 15) is 0 Å². The average molecular weight is 375 g/mol. The van der Waals surface area contributed by atoms with Crippen molar-refractivity contribution in [2.75, 3.05) is 26.3 Å². The molecule has 0 saturated carbocycles. The van der Waals surface area contributed by atoms with Gasteiger partial charge in [0.05, 0.1) is 30.5 Å². The molecule has 1 aliphatic rings. The first-order valence-electron chi connectivity index (χ1n) is 9.06. The molecular formula is C19H26N4O2S. The van der Waals surface area contributed by atoms with Crippen molar-refractivity contribution in [1.29, 1.82) is 0 Å². The van der Waals surface area contributed by atoms with Crippen LogP contribution in [-0.2, 0) is 13.0 Å². The normalized spacial score (nSPS) is 14.0. The predicted octanol–water partition coefficient (Wildman–Crippen LogP) is 2.91. The Balaban J connectivity index is 1.57. The highest BCUT2D eigenvalue weighted by molar-refractivity contribution is 7.09. The zero-order valence-corrected chi connectivity index (χ0v) is 16.2. The summed E-state index contributed by atoms with van der Waals surface area (Å²) in [6.07, 6.45) is 1.80. The molecule has 140 valence electrons. The largest absolute Gasteiger partial charge is 0.490 e. The lowest BCUT2D eigenvalue weighted by Gasteiger charge is -2.11. The van der Waals surface area contributed by atoms with Crippen LogP contribution in [0.1, 0.15) is 29.6 Å². The van der Waals surface area contributed by atoms with E-state index in [-0.39, 0.29) is 0 Å². The number of aromatic nitrogens is 1. The van der Waals surface area contributed by atoms with Crippen LogP contribution < -0.4 is 20.1 Å². The van der Waals surface area contributed by atoms with Crippen LogP contribution in [-0.4, -0.2) is 37.2 Å². The number of nitrogens with one attached hydrogen (secondary N) is 2. The molecule has 2 N–H and O–H groups in total. The molecule has 7 heteroatoms. The minimum Gasteiger partial charge on any atom is -0.490 e. The Morgan fingerprint density at radius 3 is 2.85 bits per heavy atom. The van der Waals surface area contributed by atoms with Crippen LogP contribution in [0, 0.1) is 6.92 Å². The molecular weight excluding hydrogens is 348 g/mol. The number of hydrogen-bond acceptors (Lipinski definition) is 5. The molecule has 0 bridgehead atoms. The van der Waals surface area contributed by atoms with Gasteiger partial charge in [-0.15, -0.1) is 11.3 Å². The molecule has 1 aromatic heterocycles. The number of benzene rings is 1. The van der Waals surface area contributed by atoms with Crippen LogP contribution >= 0.6 is 11.3 Å². The summed E-state index contributed by atoms with van der Waals surface area (Å²) in [5, 5.41) is 9.87. The lowest BCUT2D eigenvalue weighted by Crippen LogP contribution is -2.38. The number of guanidine groups is 1. The van der Waals surface area contributed by atoms with Crippen molar-refractivity contribution in [3.05, 3.63) is 39.8 Å². The van der Waals surface area contributed by atoms with Gasteiger partial charge in [-0.2, -0.15) is 0 Å². The van der Waals surface area contributed by atoms with Gasteiger partial charge < -0.3 is 20.1 Å². The van der Waals surface area contributed by atoms with Gasteiger partial charge >= 0.3 is 0 Å². The molecule has 6 nitrogen and oxygen atoms in total. The van der Waals surface area contributed by atoms with Gasteiger partial charge in [0, 0.05) is 31.3 Å². The highest BCUT2D eigenvalue weighted by atomic mass is 32.1. The minimum absolute atomic E-state index is 0.585. The summed E-state index contributed by atoms with van der Waals surface area (Å²) in [7, 11) is 0. The summed E-state index contributed by atoms with van der Waals surface area (Å²) >= 11 is 1.69. The fourth-order valence-corrected chi connectivity index (χ4v) is 3.30. The molecule has 0 atom stereocenters. The summed E-state index contributed by atoms with van der Waals surface area (Å²) in [5.41, 5.74) is 2.22. The van der Waals surface area contributed by atoms with E-state index < -0.39 is 0 Å². The molecule has 0 spiro atoms. The number of aryl methyl sites for hydroxylation is 1. The van der Waals surface area contributed by atoms with Crippen molar-refractivity contribution in [2.24, 2.45) is 4.99 Å². The monoisotopic (exact) mass is 374 g/mol. The van der Waals surface area contributed by atoms with Gasteiger partial charge in [0.1, 0.15) is 0 Å². The Bertz CT molecular complexity index is 745. The smallest absolute Gasteiger partial charge is 0.191 e. The summed E-state index contributed by atoms with van der Waals surface area (Å²) < 4.78 is 11.4. The highest BCUT2D eigenvalue weighted by Crippen LogP contribution is 2.30. The van der Waals surface area contributed by atoms with E-state index in [1.165, 1.54) is 0 Å². The Labute approximate surface area is 158 Å². The van der Waals surface area contributed by atoms with Crippen LogP contribution in [0.25, 0.3) is 0 Å². The van der Waals surface area contributed by atoms with E-state index in [1.54, 1.807) is 11.3 Å². The Morgan fingerprint density at radius 2 is 2.08 bits per heavy atom. The number of aliphatic imine (C=N–C) groups is 1. The number of nitrogens with zero attached hydrogens (tertiary/aromatic N) is 2. The van der Waals surface area contributed by atoms with Gasteiger partial charge in [-0.05, 0) is 31.5 Å². The van der Waals surface area contributed by atoms with Gasteiger partial charge in [0.15, 0.2) is 17.5 Å². The van der Waals surface area contributed by atoms with Crippen LogP contribution in [0.5, 0.6) is 11.5 Å². The second kappa shape index (κ2) is 9.43. The third-order valence-corrected chi connectivity index (χ3v) is 4.74. The highest BCUT2D eigenvalue weighted by Gasteiger charge is 2.10. The third-order valence-electron chi connectivity index (χ3n) is 3.92. The topological polar surface area (TPSA) is 67.8 Å². The van der Waals surface area contributed by atoms with Gasteiger partial charge in [-0.3, -0.25) is 0 Å². The number of fused-ring (bicyclic) bond motifs is 1. The van der Waals surface area contributed by atoms with E-state index in [4.69, 9.17) is 9.47 Å². The molecule has 0 radical (unpaired) electrons. The van der Waals surface area contributed by atoms with E-state index in [0.29, 0.717) is 19.8 Å². The number of ether oxygens (including phenoxy) is 2. The maximum absolute atomic E-state index is 5.75. The van der Waals surface area contributed by atoms with Crippen molar-refractivity contribution in [2.45, 2.75) is 33.2 Å². The molecule has 2 heterocycles. The summed E-state index contributed by atoms with van der Waals surface area (Å²) in [6.45, 7) is 7.70. The molecule has 0 saturated heterocycles. The molecule has 1 aliphatic heterocycles. The van der Waals surface area contributed by atoms with Crippen LogP contribution in [0.3, 0.4) is 0 Å². The zero-order valence-electron chi connectivity index (χ0n) is 15.4. The predicted molar refractivity (Wildman–Crippen MR) is 105 cm³/mol. The quantitative estimate of drug-likeness (QED) is 0.601. The van der Waals surface area contributed by atoms with Gasteiger partial charge in [0.25, 0.3) is 0 Å². The lowest BCUT2D eigenvalue weighted by atomic mass is 10.2. The zero-order chi connectivity index (χ0) is 18.2. The first-order chi connectivity index (χ1) is 12.7. The first-order valence-corrected chi connectivity index (χ1v) is 9.94.